The third kappa shape index (κ3) is 4.26. The Balaban J connectivity index is 1.67. The van der Waals surface area contributed by atoms with E-state index in [1.807, 2.05) is 0 Å². The summed E-state index contributed by atoms with van der Waals surface area (Å²) < 4.78 is 279. The van der Waals surface area contributed by atoms with Gasteiger partial charge in [0.25, 0.3) is 0 Å². The topological polar surface area (TPSA) is 13.1 Å². The first-order chi connectivity index (χ1) is 36.8. The van der Waals surface area contributed by atoms with Gasteiger partial charge in [-0.2, -0.15) is 0 Å². The van der Waals surface area contributed by atoms with Crippen molar-refractivity contribution >= 4 is 54.1 Å². The van der Waals surface area contributed by atoms with Gasteiger partial charge in [-0.25, -0.2) is 0 Å². The van der Waals surface area contributed by atoms with Gasteiger partial charge in [0.15, 0.2) is 0 Å². The van der Waals surface area contributed by atoms with Crippen molar-refractivity contribution in [3.05, 3.63) is 181 Å². The molecule has 228 valence electrons. The van der Waals surface area contributed by atoms with Gasteiger partial charge in [-0.1, -0.05) is 181 Å². The molecule has 0 atom stereocenters. The average molecular weight is 653 g/mol. The SMILES string of the molecule is [2H]c1c([2H])c([2H])c(-c2c([2H])c([2H])c([2H])c3c(-c4c5c([2H])c([2H])c([2H])c([2H])c5c(-c5c([2H])c([2H])c([2H])c([2H])c5[2H])c5c([2H])c([2H])c([2H])c([2H])c45)c(-c4c([2H])c([2H])c([2H])c5c([2H])c([2H])c6c([2H])c([2H])c([2H])c([2H])c6c45)oc23)c([2H])c1[2H]. The Kier molecular flexibility index (Phi) is 2.50. The zero-order valence-corrected chi connectivity index (χ0v) is 24.4. The highest BCUT2D eigenvalue weighted by molar-refractivity contribution is 6.26. The lowest BCUT2D eigenvalue weighted by atomic mass is 9.84. The third-order valence-electron chi connectivity index (χ3n) is 7.99. The summed E-state index contributed by atoms with van der Waals surface area (Å²) in [6, 6.07) is -30.4. The molecule has 1 nitrogen and oxygen atoms in total. The summed E-state index contributed by atoms with van der Waals surface area (Å²) in [6.45, 7) is 0. The molecular formula is C48H30O. The molecule has 10 rings (SSSR count). The Morgan fingerprint density at radius 1 is 0.327 bits per heavy atom. The van der Waals surface area contributed by atoms with Crippen molar-refractivity contribution in [2.75, 3.05) is 0 Å². The predicted octanol–water partition coefficient (Wildman–Crippen LogP) is 13.7. The number of hydrogen-bond acceptors (Lipinski definition) is 1. The van der Waals surface area contributed by atoms with Gasteiger partial charge in [-0.15, -0.1) is 0 Å². The summed E-state index contributed by atoms with van der Waals surface area (Å²) in [5, 5.41) is -6.97. The van der Waals surface area contributed by atoms with Crippen molar-refractivity contribution in [2.24, 2.45) is 0 Å². The van der Waals surface area contributed by atoms with Gasteiger partial charge in [0, 0.05) is 33.0 Å². The van der Waals surface area contributed by atoms with Gasteiger partial charge in [0.05, 0.1) is 41.1 Å². The number of furan rings is 1. The lowest BCUT2D eigenvalue weighted by molar-refractivity contribution is 0.634. The molecule has 1 heteroatoms. The molecule has 10 aromatic rings. The van der Waals surface area contributed by atoms with Crippen LogP contribution in [0.25, 0.3) is 98.8 Å². The highest BCUT2D eigenvalue weighted by Crippen LogP contribution is 2.52. The van der Waals surface area contributed by atoms with Crippen LogP contribution in [-0.2, 0) is 0 Å². The van der Waals surface area contributed by atoms with Crippen LogP contribution >= 0.6 is 0 Å². The number of rotatable bonds is 4. The van der Waals surface area contributed by atoms with Crippen LogP contribution < -0.4 is 0 Å². The van der Waals surface area contributed by atoms with Crippen LogP contribution in [0.1, 0.15) is 41.1 Å². The lowest BCUT2D eigenvalue weighted by Crippen LogP contribution is -1.92. The van der Waals surface area contributed by atoms with E-state index in [0.29, 0.717) is 0 Å². The highest BCUT2D eigenvalue weighted by Gasteiger charge is 2.26. The van der Waals surface area contributed by atoms with Crippen LogP contribution in [0, 0.1) is 0 Å². The first kappa shape index (κ1) is 11.1. The van der Waals surface area contributed by atoms with E-state index in [-0.39, 0.29) is 0 Å². The van der Waals surface area contributed by atoms with E-state index in [9.17, 15) is 15.1 Å². The van der Waals surface area contributed by atoms with E-state index < -0.39 is 280 Å². The second kappa shape index (κ2) is 11.1. The van der Waals surface area contributed by atoms with Crippen molar-refractivity contribution in [2.45, 2.75) is 0 Å². The van der Waals surface area contributed by atoms with Crippen LogP contribution in [0.3, 0.4) is 0 Å². The largest absolute Gasteiger partial charge is 0.455 e. The first-order valence-electron chi connectivity index (χ1n) is 29.4. The van der Waals surface area contributed by atoms with Gasteiger partial charge >= 0.3 is 0 Å². The zero-order chi connectivity index (χ0) is 58.4. The molecule has 0 saturated carbocycles. The fraction of sp³-hybridized carbons (Fsp3) is 0. The molecular weight excluding hydrogens is 593 g/mol. The first-order valence-corrected chi connectivity index (χ1v) is 14.4. The minimum absolute atomic E-state index is 0.677. The second-order valence-electron chi connectivity index (χ2n) is 10.5. The smallest absolute Gasteiger partial charge is 0.143 e. The monoisotopic (exact) mass is 652 g/mol. The van der Waals surface area contributed by atoms with Crippen molar-refractivity contribution < 1.29 is 45.5 Å². The third-order valence-corrected chi connectivity index (χ3v) is 7.99. The van der Waals surface area contributed by atoms with E-state index in [4.69, 9.17) is 30.5 Å². The van der Waals surface area contributed by atoms with E-state index in [0.717, 1.165) is 0 Å². The summed E-state index contributed by atoms with van der Waals surface area (Å²) in [7, 11) is 0. The van der Waals surface area contributed by atoms with E-state index in [1.54, 1.807) is 0 Å². The Morgan fingerprint density at radius 3 is 1.51 bits per heavy atom. The van der Waals surface area contributed by atoms with Crippen molar-refractivity contribution in [1.82, 2.24) is 0 Å². The molecule has 1 aromatic heterocycles. The quantitative estimate of drug-likeness (QED) is 0.136. The summed E-state index contributed by atoms with van der Waals surface area (Å²) >= 11 is 0. The molecule has 0 radical (unpaired) electrons. The molecule has 0 aliphatic carbocycles. The average Bonchev–Trinajstić information content (AvgIpc) is 4.09. The maximum atomic E-state index is 9.71. The molecule has 0 bridgehead atoms. The van der Waals surface area contributed by atoms with Crippen molar-refractivity contribution in [3.63, 3.8) is 0 Å². The number of hydrogen-bond donors (Lipinski definition) is 0. The number of para-hydroxylation sites is 1. The fourth-order valence-corrected chi connectivity index (χ4v) is 6.04. The molecule has 0 fully saturated rings. The molecule has 0 aliphatic rings. The highest BCUT2D eigenvalue weighted by atomic mass is 16.3. The number of benzene rings is 9. The molecule has 0 saturated heterocycles. The zero-order valence-electron chi connectivity index (χ0n) is 54.4. The predicted molar refractivity (Wildman–Crippen MR) is 208 cm³/mol. The Hall–Kier alpha value is -6.44. The van der Waals surface area contributed by atoms with Gasteiger partial charge in [-0.05, 0) is 54.4 Å². The van der Waals surface area contributed by atoms with E-state index >= 15 is 0 Å². The van der Waals surface area contributed by atoms with Crippen molar-refractivity contribution in [3.8, 4) is 44.7 Å². The lowest BCUT2D eigenvalue weighted by Gasteiger charge is -2.18. The summed E-state index contributed by atoms with van der Waals surface area (Å²) in [5.41, 5.74) is -6.82. The van der Waals surface area contributed by atoms with Crippen LogP contribution in [-0.4, -0.2) is 0 Å². The summed E-state index contributed by atoms with van der Waals surface area (Å²) in [4.78, 5) is 0. The molecule has 9 aromatic carbocycles. The van der Waals surface area contributed by atoms with E-state index in [1.165, 1.54) is 0 Å². The molecule has 0 amide bonds. The second-order valence-corrected chi connectivity index (χ2v) is 10.5. The van der Waals surface area contributed by atoms with Gasteiger partial charge < -0.3 is 4.42 Å². The Bertz CT molecular complexity index is 4460. The molecule has 0 unspecified atom stereocenters. The minimum Gasteiger partial charge on any atom is -0.455 e. The van der Waals surface area contributed by atoms with E-state index in [2.05, 4.69) is 0 Å². The molecule has 0 spiro atoms. The van der Waals surface area contributed by atoms with Gasteiger partial charge in [0.1, 0.15) is 11.3 Å². The molecule has 49 heavy (non-hydrogen) atoms. The van der Waals surface area contributed by atoms with Crippen LogP contribution in [0.2, 0.25) is 0 Å². The van der Waals surface area contributed by atoms with Crippen LogP contribution in [0.5, 0.6) is 0 Å². The van der Waals surface area contributed by atoms with Crippen molar-refractivity contribution in [1.29, 1.82) is 0 Å². The number of fused-ring (bicyclic) bond motifs is 6. The van der Waals surface area contributed by atoms with Gasteiger partial charge in [0.2, 0.25) is 0 Å². The minimum atomic E-state index is -1.11. The van der Waals surface area contributed by atoms with Crippen LogP contribution in [0.4, 0.5) is 0 Å². The Morgan fingerprint density at radius 2 is 0.816 bits per heavy atom. The summed E-state index contributed by atoms with van der Waals surface area (Å²) in [6.07, 6.45) is 0. The molecule has 0 N–H and O–H groups in total. The van der Waals surface area contributed by atoms with Gasteiger partial charge in [-0.3, -0.25) is 0 Å². The maximum absolute atomic E-state index is 9.71. The fourth-order valence-electron chi connectivity index (χ4n) is 6.04. The normalized spacial score (nSPS) is 20.2. The maximum Gasteiger partial charge on any atom is 0.143 e. The van der Waals surface area contributed by atoms with Crippen LogP contribution in [0.15, 0.2) is 186 Å². The Labute approximate surface area is 326 Å². The summed E-state index contributed by atoms with van der Waals surface area (Å²) in [5.74, 6) is -1.01. The molecule has 1 heterocycles. The molecule has 0 aliphatic heterocycles. The standard InChI is InChI=1S/C48H30O/c1-3-15-31(16-4-1)36-26-14-28-42-46(48(49-47(36)42)41-27-13-20-34-30-29-32-17-7-8-21-35(32)43(34)41)45-39-24-11-9-22-37(39)44(33-18-5-2-6-19-33)38-23-10-12-25-40(38)45/h1-30H/i1D,2D,3D,4D,5D,6D,7D,8D,9D,10D,11D,12D,13D,14D,15D,16D,17D,18D,19D,20D,21D,22D,23D,24D,25D,26D,27D,28D,29D,30D.